The summed E-state index contributed by atoms with van der Waals surface area (Å²) in [5.41, 5.74) is 4.40. The Hall–Kier alpha value is -3.63. The first-order valence-corrected chi connectivity index (χ1v) is 13.3. The molecule has 8 rings (SSSR count). The summed E-state index contributed by atoms with van der Waals surface area (Å²) in [5.74, 6) is 1.58. The fourth-order valence-corrected chi connectivity index (χ4v) is 6.04. The molecule has 3 fully saturated rings. The minimum atomic E-state index is -2.26. The number of rotatable bonds is 6. The van der Waals surface area contributed by atoms with Crippen LogP contribution in [0.25, 0.3) is 27.7 Å². The van der Waals surface area contributed by atoms with Gasteiger partial charge in [0.1, 0.15) is 5.82 Å². The average molecular weight is 517 g/mol. The van der Waals surface area contributed by atoms with Gasteiger partial charge in [-0.2, -0.15) is 5.10 Å². The van der Waals surface area contributed by atoms with Gasteiger partial charge >= 0.3 is 0 Å². The van der Waals surface area contributed by atoms with Gasteiger partial charge in [-0.05, 0) is 30.2 Å². The number of nitrogens with one attached hydrogen (secondary N) is 1. The zero-order valence-electron chi connectivity index (χ0n) is 20.1. The molecular formula is C25H25N8O3P. The molecule has 3 saturated heterocycles. The molecular weight excluding hydrogens is 491 g/mol. The Kier molecular flexibility index (Phi) is 5.33. The van der Waals surface area contributed by atoms with Gasteiger partial charge in [0.2, 0.25) is 14.3 Å². The largest absolute Gasteiger partial charge is 0.481 e. The molecule has 2 bridgehead atoms. The lowest BCUT2D eigenvalue weighted by atomic mass is 9.87. The molecule has 3 N–H and O–H groups in total. The van der Waals surface area contributed by atoms with Gasteiger partial charge in [0.25, 0.3) is 0 Å². The Morgan fingerprint density at radius 2 is 1.95 bits per heavy atom. The monoisotopic (exact) mass is 516 g/mol. The summed E-state index contributed by atoms with van der Waals surface area (Å²) in [7, 11) is -0.633. The van der Waals surface area contributed by atoms with Crippen molar-refractivity contribution in [2.45, 2.75) is 25.0 Å². The van der Waals surface area contributed by atoms with E-state index in [1.165, 1.54) is 12.0 Å². The van der Waals surface area contributed by atoms with E-state index >= 15 is 0 Å². The van der Waals surface area contributed by atoms with Crippen molar-refractivity contribution >= 4 is 36.0 Å². The van der Waals surface area contributed by atoms with Crippen molar-refractivity contribution in [1.82, 2.24) is 34.7 Å². The van der Waals surface area contributed by atoms with E-state index in [1.54, 1.807) is 30.1 Å². The van der Waals surface area contributed by atoms with Crippen LogP contribution in [-0.4, -0.2) is 76.7 Å². The zero-order valence-corrected chi connectivity index (χ0v) is 21.0. The van der Waals surface area contributed by atoms with Crippen LogP contribution in [0.4, 0.5) is 5.82 Å². The lowest BCUT2D eigenvalue weighted by Gasteiger charge is -2.56. The zero-order chi connectivity index (χ0) is 25.1. The molecule has 5 aromatic rings. The number of ether oxygens (including phenoxy) is 1. The summed E-state index contributed by atoms with van der Waals surface area (Å²) in [6.07, 6.45) is 8.33. The van der Waals surface area contributed by atoms with Crippen molar-refractivity contribution in [3.8, 4) is 17.0 Å². The maximum Gasteiger partial charge on any atom is 0.212 e. The minimum absolute atomic E-state index is 0.419. The second-order valence-corrected chi connectivity index (χ2v) is 10.7. The number of aromatic nitrogens is 6. The van der Waals surface area contributed by atoms with Crippen molar-refractivity contribution in [1.29, 1.82) is 0 Å². The number of anilines is 1. The van der Waals surface area contributed by atoms with Crippen LogP contribution in [0.1, 0.15) is 12.0 Å². The van der Waals surface area contributed by atoms with Crippen LogP contribution in [0.5, 0.6) is 5.88 Å². The third kappa shape index (κ3) is 3.82. The van der Waals surface area contributed by atoms with Crippen LogP contribution >= 0.6 is 8.38 Å². The first kappa shape index (κ1) is 22.6. The second-order valence-electron chi connectivity index (χ2n) is 9.56. The van der Waals surface area contributed by atoms with E-state index < -0.39 is 8.38 Å². The highest BCUT2D eigenvalue weighted by Gasteiger charge is 2.44. The van der Waals surface area contributed by atoms with Crippen LogP contribution in [-0.2, 0) is 6.54 Å². The summed E-state index contributed by atoms with van der Waals surface area (Å²) in [6, 6.07) is 10.9. The predicted molar refractivity (Wildman–Crippen MR) is 140 cm³/mol. The fourth-order valence-electron chi connectivity index (χ4n) is 5.58. The number of hydrogen-bond acceptors (Lipinski definition) is 9. The lowest BCUT2D eigenvalue weighted by Crippen LogP contribution is -2.68. The van der Waals surface area contributed by atoms with E-state index in [0.29, 0.717) is 28.9 Å². The van der Waals surface area contributed by atoms with Gasteiger partial charge in [-0.1, -0.05) is 6.07 Å². The molecule has 2 unspecified atom stereocenters. The number of nitrogens with zero attached hydrogens (tertiary/aromatic N) is 7. The number of aromatic amines is 1. The molecule has 0 radical (unpaired) electrons. The molecule has 12 heteroatoms. The highest BCUT2D eigenvalue weighted by molar-refractivity contribution is 7.54. The number of piperidine rings is 1. The second kappa shape index (κ2) is 8.74. The Morgan fingerprint density at radius 1 is 1.08 bits per heavy atom. The highest BCUT2D eigenvalue weighted by Crippen LogP contribution is 2.37. The average Bonchev–Trinajstić information content (AvgIpc) is 3.53. The van der Waals surface area contributed by atoms with Crippen molar-refractivity contribution < 1.29 is 14.5 Å². The third-order valence-corrected chi connectivity index (χ3v) is 8.15. The number of piperazine rings is 1. The molecule has 37 heavy (non-hydrogen) atoms. The van der Waals surface area contributed by atoms with Crippen molar-refractivity contribution in [2.75, 3.05) is 25.1 Å². The number of pyridine rings is 3. The van der Waals surface area contributed by atoms with Gasteiger partial charge in [-0.25, -0.2) is 14.5 Å². The SMILES string of the molecule is COc1ccc(CN2C3CC2CN(c2ccc(-c4cc(P(O)O)cn5nc6[nH]ncc6c45)cn2)C3)cn1. The smallest absolute Gasteiger partial charge is 0.212 e. The summed E-state index contributed by atoms with van der Waals surface area (Å²) in [6.45, 7) is 2.76. The van der Waals surface area contributed by atoms with Gasteiger partial charge in [0, 0.05) is 72.8 Å². The predicted octanol–water partition coefficient (Wildman–Crippen LogP) is 2.06. The molecule has 188 valence electrons. The summed E-state index contributed by atoms with van der Waals surface area (Å²) >= 11 is 0. The molecule has 8 heterocycles. The standard InChI is InChI=1S/C25H25N8O3P/c1-36-23-5-2-15(8-27-23)11-32-17-6-18(32)13-31(12-17)22-4-3-16(9-26-22)20-7-19(37(34)35)14-33-24(20)21-10-28-29-25(21)30-33/h2-5,7-10,14,17-18,34-35H,6,11-13H2,1H3,(H,29,30). The van der Waals surface area contributed by atoms with Crippen LogP contribution in [0, 0.1) is 0 Å². The van der Waals surface area contributed by atoms with Gasteiger partial charge < -0.3 is 19.4 Å². The molecule has 11 nitrogen and oxygen atoms in total. The van der Waals surface area contributed by atoms with E-state index in [0.717, 1.165) is 47.5 Å². The highest BCUT2D eigenvalue weighted by atomic mass is 31.2. The first-order chi connectivity index (χ1) is 18.1. The Bertz CT molecular complexity index is 1570. The molecule has 3 aliphatic rings. The Morgan fingerprint density at radius 3 is 2.65 bits per heavy atom. The molecule has 3 aliphatic heterocycles. The number of methoxy groups -OCH3 is 1. The maximum atomic E-state index is 9.89. The van der Waals surface area contributed by atoms with Crippen LogP contribution < -0.4 is 14.9 Å². The Balaban J connectivity index is 1.12. The number of hydrogen-bond donors (Lipinski definition) is 3. The molecule has 0 aromatic carbocycles. The summed E-state index contributed by atoms with van der Waals surface area (Å²) in [5, 5.41) is 12.8. The minimum Gasteiger partial charge on any atom is -0.481 e. The molecule has 0 spiro atoms. The fraction of sp³-hybridized carbons (Fsp3) is 0.280. The third-order valence-electron chi connectivity index (χ3n) is 7.44. The van der Waals surface area contributed by atoms with E-state index in [2.05, 4.69) is 36.1 Å². The molecule has 2 atom stereocenters. The molecule has 0 amide bonds. The molecule has 5 aromatic heterocycles. The number of H-pyrrole nitrogens is 1. The van der Waals surface area contributed by atoms with Crippen LogP contribution in [0.2, 0.25) is 0 Å². The maximum absolute atomic E-state index is 9.89. The van der Waals surface area contributed by atoms with Gasteiger partial charge in [-0.3, -0.25) is 10.00 Å². The van der Waals surface area contributed by atoms with Crippen molar-refractivity contribution in [3.63, 3.8) is 0 Å². The van der Waals surface area contributed by atoms with E-state index in [4.69, 9.17) is 9.72 Å². The summed E-state index contributed by atoms with van der Waals surface area (Å²) < 4.78 is 6.84. The van der Waals surface area contributed by atoms with Crippen LogP contribution in [0.3, 0.4) is 0 Å². The van der Waals surface area contributed by atoms with Gasteiger partial charge in [0.05, 0.1) is 24.2 Å². The topological polar surface area (TPSA) is 128 Å². The van der Waals surface area contributed by atoms with Gasteiger partial charge in [0.15, 0.2) is 5.65 Å². The van der Waals surface area contributed by atoms with E-state index in [9.17, 15) is 9.79 Å². The van der Waals surface area contributed by atoms with Crippen LogP contribution in [0.15, 0.2) is 55.1 Å². The normalized spacial score (nSPS) is 19.6. The first-order valence-electron chi connectivity index (χ1n) is 12.1. The van der Waals surface area contributed by atoms with E-state index in [1.807, 2.05) is 30.6 Å². The Labute approximate surface area is 213 Å². The summed E-state index contributed by atoms with van der Waals surface area (Å²) in [4.78, 5) is 33.8. The molecule has 0 aliphatic carbocycles. The van der Waals surface area contributed by atoms with Crippen molar-refractivity contribution in [3.05, 3.63) is 60.7 Å². The lowest BCUT2D eigenvalue weighted by molar-refractivity contribution is -0.00876. The van der Waals surface area contributed by atoms with E-state index in [-0.39, 0.29) is 0 Å². The quantitative estimate of drug-likeness (QED) is 0.291. The molecule has 0 saturated carbocycles. The number of fused-ring (bicyclic) bond motifs is 5. The van der Waals surface area contributed by atoms with Crippen molar-refractivity contribution in [2.24, 2.45) is 0 Å². The van der Waals surface area contributed by atoms with Gasteiger partial charge in [-0.15, -0.1) is 5.10 Å².